The Hall–Kier alpha value is -2.69. The van der Waals surface area contributed by atoms with E-state index in [-0.39, 0.29) is 17.7 Å². The third-order valence-corrected chi connectivity index (χ3v) is 5.40. The predicted octanol–water partition coefficient (Wildman–Crippen LogP) is 3.57. The molecule has 2 amide bonds. The number of unbranched alkanes of at least 4 members (excludes halogenated alkanes) is 1. The highest BCUT2D eigenvalue weighted by molar-refractivity contribution is 5.89. The van der Waals surface area contributed by atoms with Crippen molar-refractivity contribution in [2.75, 3.05) is 13.1 Å². The third kappa shape index (κ3) is 4.97. The molecule has 0 radical (unpaired) electrons. The van der Waals surface area contributed by atoms with Gasteiger partial charge in [0.15, 0.2) is 0 Å². The molecular formula is C23H29N3O2. The second kappa shape index (κ2) is 9.49. The van der Waals surface area contributed by atoms with E-state index in [2.05, 4.69) is 31.0 Å². The molecular weight excluding hydrogens is 350 g/mol. The molecule has 2 aromatic rings. The Kier molecular flexibility index (Phi) is 6.80. The van der Waals surface area contributed by atoms with Crippen molar-refractivity contribution < 1.29 is 9.59 Å². The Morgan fingerprint density at radius 3 is 2.68 bits per heavy atom. The minimum absolute atomic E-state index is 0.0569. The first-order chi connectivity index (χ1) is 13.6. The van der Waals surface area contributed by atoms with Crippen LogP contribution in [0.3, 0.4) is 0 Å². The number of carbonyl (C=O) groups is 2. The largest absolute Gasteiger partial charge is 0.338 e. The van der Waals surface area contributed by atoms with E-state index in [1.807, 2.05) is 29.2 Å². The molecule has 3 rings (SSSR count). The lowest BCUT2D eigenvalue weighted by atomic mass is 10.0. The minimum atomic E-state index is -0.254. The number of amides is 2. The molecule has 0 unspecified atom stereocenters. The van der Waals surface area contributed by atoms with Gasteiger partial charge in [0.1, 0.15) is 0 Å². The summed E-state index contributed by atoms with van der Waals surface area (Å²) in [6, 6.07) is 12.0. The van der Waals surface area contributed by atoms with Gasteiger partial charge in [0.2, 0.25) is 11.8 Å². The molecule has 5 heteroatoms. The molecule has 1 aliphatic rings. The van der Waals surface area contributed by atoms with Gasteiger partial charge in [0.25, 0.3) is 0 Å². The summed E-state index contributed by atoms with van der Waals surface area (Å²) in [5.41, 5.74) is 3.41. The molecule has 1 atom stereocenters. The Balaban J connectivity index is 1.68. The molecule has 1 fully saturated rings. The second-order valence-electron chi connectivity index (χ2n) is 7.57. The van der Waals surface area contributed by atoms with E-state index in [1.165, 1.54) is 11.1 Å². The van der Waals surface area contributed by atoms with Gasteiger partial charge in [-0.25, -0.2) is 0 Å². The number of hydrogen-bond donors (Lipinski definition) is 0. The Morgan fingerprint density at radius 1 is 1.21 bits per heavy atom. The highest BCUT2D eigenvalue weighted by Crippen LogP contribution is 2.23. The summed E-state index contributed by atoms with van der Waals surface area (Å²) in [7, 11) is 0. The van der Waals surface area contributed by atoms with Crippen molar-refractivity contribution in [1.29, 1.82) is 0 Å². The Labute approximate surface area is 167 Å². The molecule has 0 aliphatic carbocycles. The molecule has 148 valence electrons. The minimum Gasteiger partial charge on any atom is -0.338 e. The van der Waals surface area contributed by atoms with Crippen molar-refractivity contribution >= 4 is 11.8 Å². The zero-order valence-electron chi connectivity index (χ0n) is 16.8. The molecule has 1 aromatic carbocycles. The number of likely N-dealkylation sites (tertiary alicyclic amines) is 1. The van der Waals surface area contributed by atoms with E-state index < -0.39 is 0 Å². The smallest absolute Gasteiger partial charge is 0.228 e. The van der Waals surface area contributed by atoms with Gasteiger partial charge in [-0.05, 0) is 42.2 Å². The zero-order chi connectivity index (χ0) is 19.9. The van der Waals surface area contributed by atoms with Crippen molar-refractivity contribution in [1.82, 2.24) is 14.8 Å². The summed E-state index contributed by atoms with van der Waals surface area (Å²) in [6.45, 7) is 6.59. The van der Waals surface area contributed by atoms with Crippen molar-refractivity contribution in [3.8, 4) is 0 Å². The van der Waals surface area contributed by atoms with E-state index in [0.29, 0.717) is 26.1 Å². The molecule has 0 bridgehead atoms. The van der Waals surface area contributed by atoms with Crippen molar-refractivity contribution in [3.05, 3.63) is 65.5 Å². The number of carbonyl (C=O) groups excluding carboxylic acids is 2. The van der Waals surface area contributed by atoms with Gasteiger partial charge in [-0.3, -0.25) is 14.6 Å². The summed E-state index contributed by atoms with van der Waals surface area (Å²) >= 11 is 0. The van der Waals surface area contributed by atoms with Crippen LogP contribution in [-0.4, -0.2) is 39.7 Å². The van der Waals surface area contributed by atoms with Crippen molar-refractivity contribution in [3.63, 3.8) is 0 Å². The molecule has 1 aliphatic heterocycles. The normalized spacial score (nSPS) is 16.4. The van der Waals surface area contributed by atoms with Gasteiger partial charge in [-0.1, -0.05) is 37.6 Å². The van der Waals surface area contributed by atoms with E-state index >= 15 is 0 Å². The average molecular weight is 380 g/mol. The number of nitrogens with zero attached hydrogens (tertiary/aromatic N) is 3. The first-order valence-electron chi connectivity index (χ1n) is 10.1. The number of hydrogen-bond acceptors (Lipinski definition) is 3. The lowest BCUT2D eigenvalue weighted by molar-refractivity contribution is -0.136. The number of aryl methyl sites for hydroxylation is 1. The fourth-order valence-electron chi connectivity index (χ4n) is 3.67. The lowest BCUT2D eigenvalue weighted by Crippen LogP contribution is -2.37. The summed E-state index contributed by atoms with van der Waals surface area (Å²) in [6.07, 6.45) is 5.77. The number of benzene rings is 1. The summed E-state index contributed by atoms with van der Waals surface area (Å²) < 4.78 is 0. The van der Waals surface area contributed by atoms with E-state index in [0.717, 1.165) is 24.9 Å². The molecule has 1 aromatic heterocycles. The second-order valence-corrected chi connectivity index (χ2v) is 7.57. The van der Waals surface area contributed by atoms with E-state index in [9.17, 15) is 9.59 Å². The van der Waals surface area contributed by atoms with Crippen LogP contribution in [-0.2, 0) is 22.7 Å². The Bertz CT molecular complexity index is 807. The highest BCUT2D eigenvalue weighted by Gasteiger charge is 2.36. The monoisotopic (exact) mass is 379 g/mol. The van der Waals surface area contributed by atoms with Gasteiger partial charge < -0.3 is 9.80 Å². The first-order valence-corrected chi connectivity index (χ1v) is 10.1. The molecule has 2 heterocycles. The highest BCUT2D eigenvalue weighted by atomic mass is 16.2. The Morgan fingerprint density at radius 2 is 1.96 bits per heavy atom. The summed E-state index contributed by atoms with van der Waals surface area (Å²) in [5, 5.41) is 0. The number of pyridine rings is 1. The van der Waals surface area contributed by atoms with E-state index in [4.69, 9.17) is 0 Å². The topological polar surface area (TPSA) is 53.5 Å². The third-order valence-electron chi connectivity index (χ3n) is 5.40. The predicted molar refractivity (Wildman–Crippen MR) is 109 cm³/mol. The fourth-order valence-corrected chi connectivity index (χ4v) is 3.67. The van der Waals surface area contributed by atoms with Crippen LogP contribution in [0, 0.1) is 12.8 Å². The maximum Gasteiger partial charge on any atom is 0.228 e. The number of rotatable bonds is 8. The molecule has 0 spiro atoms. The van der Waals surface area contributed by atoms with Crippen LogP contribution in [0.15, 0.2) is 48.8 Å². The molecule has 5 nitrogen and oxygen atoms in total. The molecule has 28 heavy (non-hydrogen) atoms. The van der Waals surface area contributed by atoms with Gasteiger partial charge in [-0.2, -0.15) is 0 Å². The quantitative estimate of drug-likeness (QED) is 0.705. The van der Waals surface area contributed by atoms with Crippen LogP contribution >= 0.6 is 0 Å². The number of aromatic nitrogens is 1. The fraction of sp³-hybridized carbons (Fsp3) is 0.435. The zero-order valence-corrected chi connectivity index (χ0v) is 16.8. The maximum atomic E-state index is 13.2. The summed E-state index contributed by atoms with van der Waals surface area (Å²) in [5.74, 6) is -0.0982. The lowest BCUT2D eigenvalue weighted by Gasteiger charge is -2.26. The molecule has 0 N–H and O–H groups in total. The van der Waals surface area contributed by atoms with Crippen LogP contribution in [0.5, 0.6) is 0 Å². The van der Waals surface area contributed by atoms with Gasteiger partial charge in [-0.15, -0.1) is 0 Å². The van der Waals surface area contributed by atoms with Crippen LogP contribution in [0.2, 0.25) is 0 Å². The van der Waals surface area contributed by atoms with Gasteiger partial charge in [0.05, 0.1) is 5.92 Å². The van der Waals surface area contributed by atoms with Crippen molar-refractivity contribution in [2.45, 2.75) is 46.2 Å². The van der Waals surface area contributed by atoms with Crippen LogP contribution in [0.25, 0.3) is 0 Å². The standard InChI is InChI=1S/C23H29N3O2/c1-3-4-13-25(16-20-8-6-5-7-18(20)2)23(28)21-14-22(27)26(17-21)15-19-9-11-24-12-10-19/h5-12,21H,3-4,13-17H2,1-2H3/t21-/m0/s1. The SMILES string of the molecule is CCCCN(Cc1ccccc1C)C(=O)[C@H]1CC(=O)N(Cc2ccncc2)C1. The van der Waals surface area contributed by atoms with Crippen LogP contribution in [0.4, 0.5) is 0 Å². The van der Waals surface area contributed by atoms with E-state index in [1.54, 1.807) is 17.3 Å². The first kappa shape index (κ1) is 20.1. The van der Waals surface area contributed by atoms with Gasteiger partial charge >= 0.3 is 0 Å². The maximum absolute atomic E-state index is 13.2. The van der Waals surface area contributed by atoms with Gasteiger partial charge in [0, 0.05) is 45.0 Å². The molecule has 0 saturated carbocycles. The van der Waals surface area contributed by atoms with Crippen molar-refractivity contribution in [2.24, 2.45) is 5.92 Å². The molecule has 1 saturated heterocycles. The van der Waals surface area contributed by atoms with Crippen LogP contribution < -0.4 is 0 Å². The summed E-state index contributed by atoms with van der Waals surface area (Å²) in [4.78, 5) is 33.5. The van der Waals surface area contributed by atoms with Crippen LogP contribution in [0.1, 0.15) is 42.9 Å². The average Bonchev–Trinajstić information content (AvgIpc) is 3.07.